The molecule has 0 saturated heterocycles. The van der Waals surface area contributed by atoms with Crippen LogP contribution in [-0.4, -0.2) is 100 Å². The Hall–Kier alpha value is -1.71. The van der Waals surface area contributed by atoms with Gasteiger partial charge in [0.05, 0.1) is 0 Å². The van der Waals surface area contributed by atoms with Gasteiger partial charge in [0.2, 0.25) is 17.7 Å². The van der Waals surface area contributed by atoms with E-state index in [2.05, 4.69) is 31.1 Å². The summed E-state index contributed by atoms with van der Waals surface area (Å²) in [6.45, 7) is 14.6. The van der Waals surface area contributed by atoms with Crippen molar-refractivity contribution in [1.29, 1.82) is 0 Å². The summed E-state index contributed by atoms with van der Waals surface area (Å²) in [7, 11) is 1.92. The molecule has 0 spiro atoms. The quantitative estimate of drug-likeness (QED) is 0.249. The molecular formula is C20H42N6O3. The van der Waals surface area contributed by atoms with Crippen molar-refractivity contribution in [3.05, 3.63) is 0 Å². The third kappa shape index (κ3) is 15.8. The Morgan fingerprint density at radius 2 is 1.24 bits per heavy atom. The predicted octanol–water partition coefficient (Wildman–Crippen LogP) is -0.756. The maximum atomic E-state index is 11.8. The normalized spacial score (nSPS) is 11.2. The van der Waals surface area contributed by atoms with Crippen molar-refractivity contribution in [2.24, 2.45) is 5.92 Å². The van der Waals surface area contributed by atoms with Crippen LogP contribution in [0.15, 0.2) is 0 Å². The molecule has 0 aromatic rings. The van der Waals surface area contributed by atoms with Gasteiger partial charge in [0, 0.05) is 84.7 Å². The van der Waals surface area contributed by atoms with Gasteiger partial charge in [-0.15, -0.1) is 0 Å². The Bertz CT molecular complexity index is 473. The van der Waals surface area contributed by atoms with Crippen LogP contribution in [-0.2, 0) is 14.4 Å². The molecule has 9 nitrogen and oxygen atoms in total. The van der Waals surface area contributed by atoms with Crippen molar-refractivity contribution < 1.29 is 14.4 Å². The first-order chi connectivity index (χ1) is 13.8. The van der Waals surface area contributed by atoms with Gasteiger partial charge in [-0.1, -0.05) is 20.8 Å². The molecule has 0 aliphatic carbocycles. The predicted molar refractivity (Wildman–Crippen MR) is 117 cm³/mol. The summed E-state index contributed by atoms with van der Waals surface area (Å²) in [5.74, 6) is 0.0464. The minimum Gasteiger partial charge on any atom is -0.355 e. The van der Waals surface area contributed by atoms with Crippen LogP contribution in [0, 0.1) is 5.92 Å². The highest BCUT2D eigenvalue weighted by atomic mass is 16.2. The second-order valence-corrected chi connectivity index (χ2v) is 7.42. The smallest absolute Gasteiger partial charge is 0.222 e. The molecule has 0 aromatic carbocycles. The first kappa shape index (κ1) is 27.3. The summed E-state index contributed by atoms with van der Waals surface area (Å²) in [5.41, 5.74) is 0. The van der Waals surface area contributed by atoms with Crippen molar-refractivity contribution in [3.63, 3.8) is 0 Å². The maximum absolute atomic E-state index is 11.8. The van der Waals surface area contributed by atoms with Crippen LogP contribution >= 0.6 is 0 Å². The van der Waals surface area contributed by atoms with Crippen LogP contribution in [0.25, 0.3) is 0 Å². The van der Waals surface area contributed by atoms with E-state index >= 15 is 0 Å². The number of rotatable bonds is 17. The summed E-state index contributed by atoms with van der Waals surface area (Å²) in [5, 5.41) is 11.9. The molecule has 0 aliphatic rings. The highest BCUT2D eigenvalue weighted by Gasteiger charge is 2.11. The molecule has 0 fully saturated rings. The fraction of sp³-hybridized carbons (Fsp3) is 0.850. The van der Waals surface area contributed by atoms with Gasteiger partial charge >= 0.3 is 0 Å². The summed E-state index contributed by atoms with van der Waals surface area (Å²) in [6, 6.07) is 0. The molecule has 0 saturated carbocycles. The average molecular weight is 415 g/mol. The zero-order valence-electron chi connectivity index (χ0n) is 19.0. The summed E-state index contributed by atoms with van der Waals surface area (Å²) < 4.78 is 0. The third-order valence-corrected chi connectivity index (χ3v) is 4.54. The average Bonchev–Trinajstić information content (AvgIpc) is 2.68. The lowest BCUT2D eigenvalue weighted by Gasteiger charge is -2.28. The van der Waals surface area contributed by atoms with Crippen LogP contribution in [0.4, 0.5) is 0 Å². The largest absolute Gasteiger partial charge is 0.355 e. The van der Waals surface area contributed by atoms with E-state index in [1.165, 1.54) is 6.92 Å². The van der Waals surface area contributed by atoms with Crippen LogP contribution in [0.5, 0.6) is 0 Å². The lowest BCUT2D eigenvalue weighted by Crippen LogP contribution is -2.45. The Morgan fingerprint density at radius 1 is 0.759 bits per heavy atom. The molecule has 0 atom stereocenters. The van der Waals surface area contributed by atoms with Gasteiger partial charge in [0.15, 0.2) is 0 Å². The molecule has 0 unspecified atom stereocenters. The fourth-order valence-corrected chi connectivity index (χ4v) is 2.63. The van der Waals surface area contributed by atoms with E-state index in [4.69, 9.17) is 0 Å². The van der Waals surface area contributed by atoms with Gasteiger partial charge in [-0.25, -0.2) is 0 Å². The van der Waals surface area contributed by atoms with Gasteiger partial charge < -0.3 is 21.3 Å². The minimum absolute atomic E-state index is 0.0206. The Kier molecular flexibility index (Phi) is 16.2. The molecule has 3 amide bonds. The van der Waals surface area contributed by atoms with E-state index in [1.807, 2.05) is 27.8 Å². The summed E-state index contributed by atoms with van der Waals surface area (Å²) in [4.78, 5) is 38.9. The van der Waals surface area contributed by atoms with Gasteiger partial charge in [0.25, 0.3) is 0 Å². The number of likely N-dealkylation sites (N-methyl/N-ethyl adjacent to an activating group) is 1. The van der Waals surface area contributed by atoms with E-state index in [-0.39, 0.29) is 23.6 Å². The van der Waals surface area contributed by atoms with E-state index < -0.39 is 0 Å². The summed E-state index contributed by atoms with van der Waals surface area (Å²) >= 11 is 0. The lowest BCUT2D eigenvalue weighted by molar-refractivity contribution is -0.124. The number of carbonyl (C=O) groups excluding carboxylic acids is 3. The van der Waals surface area contributed by atoms with Crippen molar-refractivity contribution in [3.8, 4) is 0 Å². The van der Waals surface area contributed by atoms with Crippen molar-refractivity contribution in [2.75, 3.05) is 72.5 Å². The Balaban J connectivity index is 4.59. The van der Waals surface area contributed by atoms with Crippen LogP contribution in [0.2, 0.25) is 0 Å². The highest BCUT2D eigenvalue weighted by Crippen LogP contribution is 1.94. The Morgan fingerprint density at radius 3 is 1.69 bits per heavy atom. The minimum atomic E-state index is -0.0295. The molecule has 29 heavy (non-hydrogen) atoms. The zero-order chi connectivity index (χ0) is 22.1. The first-order valence-corrected chi connectivity index (χ1v) is 10.7. The van der Waals surface area contributed by atoms with Gasteiger partial charge in [-0.2, -0.15) is 0 Å². The molecule has 170 valence electrons. The Labute approximate surface area is 176 Å². The van der Waals surface area contributed by atoms with Gasteiger partial charge in [-0.3, -0.25) is 24.2 Å². The van der Waals surface area contributed by atoms with Crippen molar-refractivity contribution >= 4 is 17.7 Å². The molecule has 9 heteroatoms. The molecule has 0 heterocycles. The first-order valence-electron chi connectivity index (χ1n) is 10.7. The second-order valence-electron chi connectivity index (χ2n) is 7.42. The number of nitrogens with zero attached hydrogens (tertiary/aromatic N) is 2. The molecule has 0 aliphatic heterocycles. The SMILES string of the molecule is CCC(=O)NCCN(CCNC(=O)C(C)C)CCN(CCNC)CCNC(C)=O. The van der Waals surface area contributed by atoms with E-state index in [0.29, 0.717) is 26.1 Å². The lowest BCUT2D eigenvalue weighted by atomic mass is 10.2. The second kappa shape index (κ2) is 17.2. The number of carbonyl (C=O) groups is 3. The molecule has 0 bridgehead atoms. The van der Waals surface area contributed by atoms with E-state index in [9.17, 15) is 14.4 Å². The van der Waals surface area contributed by atoms with Crippen LogP contribution in [0.1, 0.15) is 34.1 Å². The number of nitrogens with one attached hydrogen (secondary N) is 4. The van der Waals surface area contributed by atoms with Crippen molar-refractivity contribution in [2.45, 2.75) is 34.1 Å². The van der Waals surface area contributed by atoms with Crippen LogP contribution in [0.3, 0.4) is 0 Å². The zero-order valence-corrected chi connectivity index (χ0v) is 19.0. The molecule has 0 aromatic heterocycles. The molecule has 4 N–H and O–H groups in total. The topological polar surface area (TPSA) is 106 Å². The number of hydrogen-bond acceptors (Lipinski definition) is 6. The summed E-state index contributed by atoms with van der Waals surface area (Å²) in [6.07, 6.45) is 0.478. The highest BCUT2D eigenvalue weighted by molar-refractivity contribution is 5.77. The van der Waals surface area contributed by atoms with E-state index in [0.717, 1.165) is 45.8 Å². The van der Waals surface area contributed by atoms with E-state index in [1.54, 1.807) is 0 Å². The third-order valence-electron chi connectivity index (χ3n) is 4.54. The molecular weight excluding hydrogens is 372 g/mol. The van der Waals surface area contributed by atoms with Crippen molar-refractivity contribution in [1.82, 2.24) is 31.1 Å². The van der Waals surface area contributed by atoms with Gasteiger partial charge in [-0.05, 0) is 7.05 Å². The standard InChI is InChI=1S/C20H42N6O3/c1-6-19(28)23-9-13-26(14-10-24-20(29)17(2)3)16-15-25(11-7-21-5)12-8-22-18(4)27/h17,21H,6-16H2,1-5H3,(H,22,27)(H,23,28)(H,24,29). The number of amides is 3. The number of hydrogen-bond donors (Lipinski definition) is 4. The fourth-order valence-electron chi connectivity index (χ4n) is 2.63. The maximum Gasteiger partial charge on any atom is 0.222 e. The molecule has 0 radical (unpaired) electrons. The van der Waals surface area contributed by atoms with Crippen LogP contribution < -0.4 is 21.3 Å². The monoisotopic (exact) mass is 414 g/mol. The van der Waals surface area contributed by atoms with Gasteiger partial charge in [0.1, 0.15) is 0 Å². The molecule has 0 rings (SSSR count).